The van der Waals surface area contributed by atoms with Crippen LogP contribution in [-0.2, 0) is 16.4 Å². The van der Waals surface area contributed by atoms with E-state index in [4.69, 9.17) is 5.14 Å². The van der Waals surface area contributed by atoms with Crippen LogP contribution in [0.5, 0.6) is 0 Å². The van der Waals surface area contributed by atoms with Crippen molar-refractivity contribution in [1.82, 2.24) is 14.8 Å². The summed E-state index contributed by atoms with van der Waals surface area (Å²) < 4.78 is 24.3. The van der Waals surface area contributed by atoms with Crippen LogP contribution in [-0.4, -0.2) is 23.2 Å². The van der Waals surface area contributed by atoms with Crippen molar-refractivity contribution < 1.29 is 8.42 Å². The first-order chi connectivity index (χ1) is 7.88. The van der Waals surface area contributed by atoms with E-state index in [1.54, 1.807) is 4.57 Å². The van der Waals surface area contributed by atoms with Gasteiger partial charge < -0.3 is 0 Å². The van der Waals surface area contributed by atoms with Crippen LogP contribution < -0.4 is 5.14 Å². The molecule has 0 bridgehead atoms. The van der Waals surface area contributed by atoms with E-state index in [2.05, 4.69) is 17.1 Å². The van der Waals surface area contributed by atoms with E-state index in [1.807, 2.05) is 13.8 Å². The third-order valence-corrected chi connectivity index (χ3v) is 3.30. The van der Waals surface area contributed by atoms with Crippen molar-refractivity contribution in [3.8, 4) is 0 Å². The molecule has 1 aromatic rings. The number of unbranched alkanes of at least 4 members (excludes halogenated alkanes) is 2. The lowest BCUT2D eigenvalue weighted by Gasteiger charge is -2.12. The Kier molecular flexibility index (Phi) is 4.64. The Hall–Kier alpha value is -0.950. The molecule has 0 unspecified atom stereocenters. The molecular formula is C10H20N4O2S. The van der Waals surface area contributed by atoms with Crippen molar-refractivity contribution in [3.63, 3.8) is 0 Å². The second-order valence-electron chi connectivity index (χ2n) is 4.36. The summed E-state index contributed by atoms with van der Waals surface area (Å²) in [6, 6.07) is -0.0186. The zero-order chi connectivity index (χ0) is 13.1. The van der Waals surface area contributed by atoms with Gasteiger partial charge in [-0.15, -0.1) is 10.2 Å². The van der Waals surface area contributed by atoms with Crippen LogP contribution in [0.3, 0.4) is 0 Å². The van der Waals surface area contributed by atoms with E-state index in [9.17, 15) is 8.42 Å². The van der Waals surface area contributed by atoms with E-state index in [1.165, 1.54) is 0 Å². The van der Waals surface area contributed by atoms with Crippen molar-refractivity contribution in [2.24, 2.45) is 5.14 Å². The number of sulfonamides is 1. The van der Waals surface area contributed by atoms with Gasteiger partial charge in [-0.05, 0) is 20.3 Å². The van der Waals surface area contributed by atoms with E-state index in [0.29, 0.717) is 5.82 Å². The number of primary sulfonamides is 1. The molecule has 1 rings (SSSR count). The summed E-state index contributed by atoms with van der Waals surface area (Å²) in [5.41, 5.74) is 0. The minimum absolute atomic E-state index is 0.0186. The second kappa shape index (κ2) is 5.59. The van der Waals surface area contributed by atoms with Gasteiger partial charge in [-0.1, -0.05) is 19.8 Å². The van der Waals surface area contributed by atoms with Crippen LogP contribution >= 0.6 is 0 Å². The van der Waals surface area contributed by atoms with Crippen LogP contribution in [0.25, 0.3) is 0 Å². The van der Waals surface area contributed by atoms with Crippen molar-refractivity contribution in [1.29, 1.82) is 0 Å². The average Bonchev–Trinajstić information content (AvgIpc) is 2.61. The predicted molar refractivity (Wildman–Crippen MR) is 65.0 cm³/mol. The maximum Gasteiger partial charge on any atom is 0.273 e. The maximum absolute atomic E-state index is 11.4. The topological polar surface area (TPSA) is 90.9 Å². The van der Waals surface area contributed by atoms with Gasteiger partial charge in [-0.25, -0.2) is 13.6 Å². The molecule has 98 valence electrons. The van der Waals surface area contributed by atoms with Crippen molar-refractivity contribution >= 4 is 10.0 Å². The normalized spacial score (nSPS) is 12.3. The van der Waals surface area contributed by atoms with Crippen molar-refractivity contribution in [2.45, 2.75) is 57.7 Å². The Labute approximate surface area is 102 Å². The summed E-state index contributed by atoms with van der Waals surface area (Å²) in [4.78, 5) is 0. The van der Waals surface area contributed by atoms with Crippen molar-refractivity contribution in [2.75, 3.05) is 0 Å². The zero-order valence-corrected chi connectivity index (χ0v) is 11.4. The summed E-state index contributed by atoms with van der Waals surface area (Å²) in [6.45, 7) is 5.89. The molecule has 0 spiro atoms. The summed E-state index contributed by atoms with van der Waals surface area (Å²) in [5.74, 6) is 0.692. The highest BCUT2D eigenvalue weighted by Crippen LogP contribution is 2.16. The zero-order valence-electron chi connectivity index (χ0n) is 10.5. The van der Waals surface area contributed by atoms with E-state index in [0.717, 1.165) is 25.7 Å². The minimum Gasteiger partial charge on any atom is -0.298 e. The lowest BCUT2D eigenvalue weighted by Crippen LogP contribution is -2.20. The fourth-order valence-electron chi connectivity index (χ4n) is 1.72. The SMILES string of the molecule is CCCCCc1nnc(S(N)(=O)=O)n1C(C)C. The second-order valence-corrected chi connectivity index (χ2v) is 5.82. The maximum atomic E-state index is 11.4. The van der Waals surface area contributed by atoms with Gasteiger partial charge in [0.15, 0.2) is 0 Å². The molecule has 1 aromatic heterocycles. The number of rotatable bonds is 6. The minimum atomic E-state index is -3.80. The standard InChI is InChI=1S/C10H20N4O2S/c1-4-5-6-7-9-12-13-10(17(11,15)16)14(9)8(2)3/h8H,4-7H2,1-3H3,(H2,11,15,16). The monoisotopic (exact) mass is 260 g/mol. The molecule has 0 amide bonds. The highest BCUT2D eigenvalue weighted by Gasteiger charge is 2.22. The average molecular weight is 260 g/mol. The molecule has 0 saturated heterocycles. The molecule has 0 fully saturated rings. The Balaban J connectivity index is 3.03. The lowest BCUT2D eigenvalue weighted by atomic mass is 10.2. The molecule has 0 aliphatic heterocycles. The fourth-order valence-corrected chi connectivity index (χ4v) is 2.47. The van der Waals surface area contributed by atoms with Crippen LogP contribution in [0, 0.1) is 0 Å². The molecule has 0 aromatic carbocycles. The van der Waals surface area contributed by atoms with Crippen LogP contribution in [0.1, 0.15) is 51.9 Å². The highest BCUT2D eigenvalue weighted by molar-refractivity contribution is 7.89. The Bertz CT molecular complexity index is 465. The quantitative estimate of drug-likeness (QED) is 0.779. The molecule has 1 heterocycles. The van der Waals surface area contributed by atoms with Crippen molar-refractivity contribution in [3.05, 3.63) is 5.82 Å². The summed E-state index contributed by atoms with van der Waals surface area (Å²) in [6.07, 6.45) is 3.91. The van der Waals surface area contributed by atoms with Gasteiger partial charge in [-0.2, -0.15) is 0 Å². The molecule has 0 aliphatic rings. The molecule has 7 heteroatoms. The summed E-state index contributed by atoms with van der Waals surface area (Å²) in [7, 11) is -3.80. The number of aromatic nitrogens is 3. The third kappa shape index (κ3) is 3.50. The van der Waals surface area contributed by atoms with Gasteiger partial charge in [-0.3, -0.25) is 4.57 Å². The number of hydrogen-bond donors (Lipinski definition) is 1. The molecule has 17 heavy (non-hydrogen) atoms. The largest absolute Gasteiger partial charge is 0.298 e. The van der Waals surface area contributed by atoms with Gasteiger partial charge in [0.2, 0.25) is 0 Å². The molecule has 2 N–H and O–H groups in total. The molecule has 0 radical (unpaired) electrons. The Morgan fingerprint density at radius 2 is 1.94 bits per heavy atom. The van der Waals surface area contributed by atoms with Gasteiger partial charge in [0.05, 0.1) is 0 Å². The number of nitrogens with zero attached hydrogens (tertiary/aromatic N) is 3. The van der Waals surface area contributed by atoms with Gasteiger partial charge in [0.1, 0.15) is 5.82 Å². The smallest absolute Gasteiger partial charge is 0.273 e. The number of hydrogen-bond acceptors (Lipinski definition) is 4. The molecule has 0 atom stereocenters. The van der Waals surface area contributed by atoms with Gasteiger partial charge >= 0.3 is 0 Å². The lowest BCUT2D eigenvalue weighted by molar-refractivity contribution is 0.499. The molecular weight excluding hydrogens is 240 g/mol. The summed E-state index contributed by atoms with van der Waals surface area (Å²) >= 11 is 0. The fraction of sp³-hybridized carbons (Fsp3) is 0.800. The van der Waals surface area contributed by atoms with E-state index in [-0.39, 0.29) is 11.2 Å². The highest BCUT2D eigenvalue weighted by atomic mass is 32.2. The predicted octanol–water partition coefficient (Wildman–Crippen LogP) is 1.24. The first-order valence-corrected chi connectivity index (χ1v) is 7.39. The van der Waals surface area contributed by atoms with Crippen LogP contribution in [0.4, 0.5) is 0 Å². The molecule has 0 saturated carbocycles. The molecule has 0 aliphatic carbocycles. The molecule has 6 nitrogen and oxygen atoms in total. The van der Waals surface area contributed by atoms with E-state index >= 15 is 0 Å². The number of nitrogens with two attached hydrogens (primary N) is 1. The first-order valence-electron chi connectivity index (χ1n) is 5.84. The van der Waals surface area contributed by atoms with Crippen LogP contribution in [0.15, 0.2) is 5.16 Å². The first kappa shape index (κ1) is 14.1. The van der Waals surface area contributed by atoms with Gasteiger partial charge in [0, 0.05) is 12.5 Å². The Morgan fingerprint density at radius 3 is 2.41 bits per heavy atom. The number of aryl methyl sites for hydroxylation is 1. The van der Waals surface area contributed by atoms with Gasteiger partial charge in [0.25, 0.3) is 15.2 Å². The van der Waals surface area contributed by atoms with Crippen LogP contribution in [0.2, 0.25) is 0 Å². The third-order valence-electron chi connectivity index (χ3n) is 2.51. The van der Waals surface area contributed by atoms with E-state index < -0.39 is 10.0 Å². The Morgan fingerprint density at radius 1 is 1.29 bits per heavy atom. The summed E-state index contributed by atoms with van der Waals surface area (Å²) in [5, 5.41) is 12.6.